The first-order valence-corrected chi connectivity index (χ1v) is 6.81. The largest absolute Gasteiger partial charge is 0.389 e. The summed E-state index contributed by atoms with van der Waals surface area (Å²) in [6, 6.07) is 3.60. The quantitative estimate of drug-likeness (QED) is 0.590. The van der Waals surface area contributed by atoms with E-state index in [1.54, 1.807) is 0 Å². The highest BCUT2D eigenvalue weighted by molar-refractivity contribution is 5.18. The van der Waals surface area contributed by atoms with Crippen LogP contribution in [-0.2, 0) is 11.3 Å². The van der Waals surface area contributed by atoms with Gasteiger partial charge in [-0.2, -0.15) is 0 Å². The highest BCUT2D eigenvalue weighted by atomic mass is 19.1. The molecule has 0 saturated heterocycles. The van der Waals surface area contributed by atoms with Crippen LogP contribution < -0.4 is 0 Å². The van der Waals surface area contributed by atoms with Gasteiger partial charge in [-0.15, -0.1) is 6.42 Å². The molecule has 0 saturated carbocycles. The van der Waals surface area contributed by atoms with E-state index in [0.717, 1.165) is 6.07 Å². The molecule has 1 N–H and O–H groups in total. The van der Waals surface area contributed by atoms with Gasteiger partial charge in [-0.05, 0) is 19.9 Å². The van der Waals surface area contributed by atoms with Crippen LogP contribution in [0.2, 0.25) is 0 Å². The lowest BCUT2D eigenvalue weighted by molar-refractivity contribution is 0.0189. The van der Waals surface area contributed by atoms with Gasteiger partial charge in [0.2, 0.25) is 0 Å². The van der Waals surface area contributed by atoms with Gasteiger partial charge in [0, 0.05) is 30.8 Å². The van der Waals surface area contributed by atoms with Crippen LogP contribution in [0.5, 0.6) is 0 Å². The van der Waals surface area contributed by atoms with Crippen molar-refractivity contribution in [2.75, 3.05) is 19.8 Å². The Morgan fingerprint density at radius 3 is 2.67 bits per heavy atom. The van der Waals surface area contributed by atoms with Crippen molar-refractivity contribution < 1.29 is 18.6 Å². The van der Waals surface area contributed by atoms with Gasteiger partial charge in [-0.3, -0.25) is 4.90 Å². The Morgan fingerprint density at radius 1 is 1.38 bits per heavy atom. The number of halogens is 2. The van der Waals surface area contributed by atoms with Crippen molar-refractivity contribution in [2.24, 2.45) is 0 Å². The van der Waals surface area contributed by atoms with Crippen molar-refractivity contribution in [1.82, 2.24) is 4.90 Å². The Labute approximate surface area is 124 Å². The Kier molecular flexibility index (Phi) is 7.30. The van der Waals surface area contributed by atoms with E-state index in [9.17, 15) is 13.9 Å². The predicted octanol–water partition coefficient (Wildman–Crippen LogP) is 2.19. The number of ether oxygens (including phenoxy) is 1. The van der Waals surface area contributed by atoms with Gasteiger partial charge in [0.1, 0.15) is 18.2 Å². The number of aliphatic hydroxyl groups excluding tert-OH is 1. The summed E-state index contributed by atoms with van der Waals surface area (Å²) in [5.74, 6) is 1.13. The Hall–Kier alpha value is -1.48. The first kappa shape index (κ1) is 17.6. The number of rotatable bonds is 8. The van der Waals surface area contributed by atoms with E-state index < -0.39 is 17.7 Å². The van der Waals surface area contributed by atoms with Crippen LogP contribution in [0.1, 0.15) is 19.4 Å². The minimum absolute atomic E-state index is 0.0942. The molecule has 3 nitrogen and oxygen atoms in total. The molecule has 1 atom stereocenters. The molecule has 1 unspecified atom stereocenters. The normalized spacial score (nSPS) is 12.7. The van der Waals surface area contributed by atoms with Crippen LogP contribution in [-0.4, -0.2) is 41.9 Å². The van der Waals surface area contributed by atoms with Gasteiger partial charge < -0.3 is 9.84 Å². The first-order chi connectivity index (χ1) is 9.93. The first-order valence-electron chi connectivity index (χ1n) is 6.81. The van der Waals surface area contributed by atoms with Gasteiger partial charge in [0.25, 0.3) is 0 Å². The third-order valence-electron chi connectivity index (χ3n) is 3.06. The van der Waals surface area contributed by atoms with Crippen molar-refractivity contribution in [3.05, 3.63) is 35.4 Å². The van der Waals surface area contributed by atoms with Gasteiger partial charge in [-0.25, -0.2) is 8.78 Å². The van der Waals surface area contributed by atoms with Crippen LogP contribution in [0.4, 0.5) is 8.78 Å². The second kappa shape index (κ2) is 8.73. The summed E-state index contributed by atoms with van der Waals surface area (Å²) in [6.07, 6.45) is 4.34. The Bertz CT molecular complexity index is 486. The molecule has 1 aromatic carbocycles. The highest BCUT2D eigenvalue weighted by Crippen LogP contribution is 2.14. The van der Waals surface area contributed by atoms with Crippen LogP contribution in [0.25, 0.3) is 0 Å². The predicted molar refractivity (Wildman–Crippen MR) is 77.6 cm³/mol. The zero-order valence-corrected chi connectivity index (χ0v) is 12.4. The van der Waals surface area contributed by atoms with E-state index in [-0.39, 0.29) is 25.8 Å². The van der Waals surface area contributed by atoms with Crippen molar-refractivity contribution in [3.63, 3.8) is 0 Å². The Morgan fingerprint density at radius 2 is 2.10 bits per heavy atom. The number of hydrogen-bond donors (Lipinski definition) is 1. The number of hydrogen-bond acceptors (Lipinski definition) is 3. The molecule has 0 radical (unpaired) electrons. The molecule has 5 heteroatoms. The molecule has 0 fully saturated rings. The summed E-state index contributed by atoms with van der Waals surface area (Å²) in [6.45, 7) is 4.76. The second-order valence-electron chi connectivity index (χ2n) is 5.13. The highest BCUT2D eigenvalue weighted by Gasteiger charge is 2.17. The summed E-state index contributed by atoms with van der Waals surface area (Å²) in [4.78, 5) is 1.89. The van der Waals surface area contributed by atoms with Crippen LogP contribution in [0, 0.1) is 24.0 Å². The third kappa shape index (κ3) is 6.21. The minimum Gasteiger partial charge on any atom is -0.389 e. The van der Waals surface area contributed by atoms with E-state index in [4.69, 9.17) is 11.2 Å². The fraction of sp³-hybridized carbons (Fsp3) is 0.500. The third-order valence-corrected chi connectivity index (χ3v) is 3.06. The average Bonchev–Trinajstić information content (AvgIpc) is 2.41. The number of terminal acetylenes is 1. The molecule has 116 valence electrons. The van der Waals surface area contributed by atoms with Gasteiger partial charge >= 0.3 is 0 Å². The molecule has 21 heavy (non-hydrogen) atoms. The van der Waals surface area contributed by atoms with Crippen LogP contribution in [0.3, 0.4) is 0 Å². The van der Waals surface area contributed by atoms with Crippen LogP contribution >= 0.6 is 0 Å². The molecule has 1 aromatic rings. The lowest BCUT2D eigenvalue weighted by atomic mass is 10.1. The number of benzene rings is 1. The standard InChI is InChI=1S/C16H21F2NO2/c1-4-7-21-11-15(20)10-19(12(2)3)9-13-5-6-14(17)8-16(13)18/h1,5-6,8,12,15,20H,7,9-11H2,2-3H3. The molecule has 0 aliphatic rings. The summed E-state index contributed by atoms with van der Waals surface area (Å²) < 4.78 is 31.7. The lowest BCUT2D eigenvalue weighted by Crippen LogP contribution is -2.39. The maximum absolute atomic E-state index is 13.7. The van der Waals surface area contributed by atoms with Crippen molar-refractivity contribution in [3.8, 4) is 12.3 Å². The molecule has 1 rings (SSSR count). The lowest BCUT2D eigenvalue weighted by Gasteiger charge is -2.28. The van der Waals surface area contributed by atoms with Gasteiger partial charge in [-0.1, -0.05) is 12.0 Å². The minimum atomic E-state index is -0.718. The monoisotopic (exact) mass is 297 g/mol. The van der Waals surface area contributed by atoms with E-state index in [1.807, 2.05) is 18.7 Å². The molecule has 0 aromatic heterocycles. The molecule has 0 aliphatic heterocycles. The summed E-state index contributed by atoms with van der Waals surface area (Å²) in [5, 5.41) is 9.90. The van der Waals surface area contributed by atoms with Gasteiger partial charge in [0.15, 0.2) is 0 Å². The fourth-order valence-electron chi connectivity index (χ4n) is 1.90. The smallest absolute Gasteiger partial charge is 0.130 e. The van der Waals surface area contributed by atoms with Crippen LogP contribution in [0.15, 0.2) is 18.2 Å². The SMILES string of the molecule is C#CCOCC(O)CN(Cc1ccc(F)cc1F)C(C)C. The molecule has 0 bridgehead atoms. The second-order valence-corrected chi connectivity index (χ2v) is 5.13. The Balaban J connectivity index is 2.63. The zero-order chi connectivity index (χ0) is 15.8. The maximum Gasteiger partial charge on any atom is 0.130 e. The summed E-state index contributed by atoms with van der Waals surface area (Å²) in [7, 11) is 0. The van der Waals surface area contributed by atoms with E-state index in [2.05, 4.69) is 5.92 Å². The van der Waals surface area contributed by atoms with Crippen molar-refractivity contribution >= 4 is 0 Å². The fourth-order valence-corrected chi connectivity index (χ4v) is 1.90. The summed E-state index contributed by atoms with van der Waals surface area (Å²) >= 11 is 0. The molecular formula is C16H21F2NO2. The molecular weight excluding hydrogens is 276 g/mol. The zero-order valence-electron chi connectivity index (χ0n) is 12.4. The number of nitrogens with zero attached hydrogens (tertiary/aromatic N) is 1. The molecule has 0 heterocycles. The van der Waals surface area contributed by atoms with E-state index in [0.29, 0.717) is 12.1 Å². The topological polar surface area (TPSA) is 32.7 Å². The molecule has 0 amide bonds. The summed E-state index contributed by atoms with van der Waals surface area (Å²) in [5.41, 5.74) is 0.391. The maximum atomic E-state index is 13.7. The van der Waals surface area contributed by atoms with Crippen molar-refractivity contribution in [2.45, 2.75) is 32.5 Å². The number of aliphatic hydroxyl groups is 1. The average molecular weight is 297 g/mol. The van der Waals surface area contributed by atoms with Crippen molar-refractivity contribution in [1.29, 1.82) is 0 Å². The molecule has 0 aliphatic carbocycles. The van der Waals surface area contributed by atoms with E-state index in [1.165, 1.54) is 12.1 Å². The van der Waals surface area contributed by atoms with Gasteiger partial charge in [0.05, 0.1) is 12.7 Å². The van der Waals surface area contributed by atoms with E-state index >= 15 is 0 Å². The molecule has 0 spiro atoms.